The zero-order chi connectivity index (χ0) is 16.0. The van der Waals surface area contributed by atoms with E-state index in [0.29, 0.717) is 30.5 Å². The molecule has 1 aromatic rings. The van der Waals surface area contributed by atoms with Gasteiger partial charge in [-0.1, -0.05) is 13.8 Å². The lowest BCUT2D eigenvalue weighted by Crippen LogP contribution is -2.29. The number of rotatable bonds is 9. The summed E-state index contributed by atoms with van der Waals surface area (Å²) in [7, 11) is 5.54. The lowest BCUT2D eigenvalue weighted by atomic mass is 9.91. The van der Waals surface area contributed by atoms with Gasteiger partial charge in [-0.15, -0.1) is 0 Å². The third-order valence-corrected chi connectivity index (χ3v) is 3.43. The zero-order valence-electron chi connectivity index (χ0n) is 13.8. The van der Waals surface area contributed by atoms with Gasteiger partial charge in [-0.25, -0.2) is 0 Å². The summed E-state index contributed by atoms with van der Waals surface area (Å²) < 4.78 is 7.02. The second-order valence-corrected chi connectivity index (χ2v) is 6.01. The Morgan fingerprint density at radius 3 is 2.62 bits per heavy atom. The quantitative estimate of drug-likeness (QED) is 0.694. The molecule has 0 saturated heterocycles. The summed E-state index contributed by atoms with van der Waals surface area (Å²) in [5.41, 5.74) is 6.33. The molecule has 0 amide bonds. The molecule has 120 valence electrons. The molecule has 0 spiro atoms. The normalized spacial score (nSPS) is 13.0. The second kappa shape index (κ2) is 8.14. The smallest absolute Gasteiger partial charge is 0.189 e. The molecule has 0 bridgehead atoms. The van der Waals surface area contributed by atoms with Crippen molar-refractivity contribution in [3.8, 4) is 5.75 Å². The molecular weight excluding hydrogens is 268 g/mol. The Hall–Kier alpha value is -1.40. The Morgan fingerprint density at radius 2 is 2.14 bits per heavy atom. The number of Topliss-reactive ketones (excluding diaryl/α,β-unsaturated/α-hetero) is 1. The molecule has 0 aromatic carbocycles. The average molecular weight is 296 g/mol. The van der Waals surface area contributed by atoms with Crippen molar-refractivity contribution in [1.29, 1.82) is 0 Å². The minimum atomic E-state index is -0.186. The van der Waals surface area contributed by atoms with E-state index in [-0.39, 0.29) is 11.7 Å². The number of likely N-dealkylation sites (N-methyl/N-ethyl adjacent to an activating group) is 1. The monoisotopic (exact) mass is 296 g/mol. The molecule has 0 aliphatic rings. The van der Waals surface area contributed by atoms with Crippen LogP contribution >= 0.6 is 0 Å². The van der Waals surface area contributed by atoms with Crippen LogP contribution in [0.1, 0.15) is 30.8 Å². The van der Waals surface area contributed by atoms with Crippen LogP contribution in [0.2, 0.25) is 0 Å². The summed E-state index contributed by atoms with van der Waals surface area (Å²) in [5, 5.41) is 4.28. The average Bonchev–Trinajstić information content (AvgIpc) is 2.84. The molecule has 1 heterocycles. The molecule has 1 unspecified atom stereocenters. The first kappa shape index (κ1) is 17.7. The fraction of sp³-hybridized carbons (Fsp3) is 0.733. The number of carbonyl (C=O) groups is 1. The van der Waals surface area contributed by atoms with Crippen LogP contribution in [0.15, 0.2) is 6.20 Å². The van der Waals surface area contributed by atoms with E-state index in [9.17, 15) is 4.79 Å². The van der Waals surface area contributed by atoms with Gasteiger partial charge in [0.1, 0.15) is 5.69 Å². The number of ether oxygens (including phenoxy) is 1. The highest BCUT2D eigenvalue weighted by molar-refractivity contribution is 5.98. The van der Waals surface area contributed by atoms with Gasteiger partial charge in [0, 0.05) is 19.0 Å². The first-order valence-corrected chi connectivity index (χ1v) is 7.39. The highest BCUT2D eigenvalue weighted by Crippen LogP contribution is 2.24. The van der Waals surface area contributed by atoms with E-state index >= 15 is 0 Å². The fourth-order valence-corrected chi connectivity index (χ4v) is 2.30. The molecule has 2 N–H and O–H groups in total. The van der Waals surface area contributed by atoms with Crippen molar-refractivity contribution in [2.45, 2.75) is 26.8 Å². The maximum atomic E-state index is 12.8. The van der Waals surface area contributed by atoms with Crippen molar-refractivity contribution in [2.75, 3.05) is 34.3 Å². The van der Waals surface area contributed by atoms with Crippen LogP contribution in [-0.2, 0) is 6.54 Å². The van der Waals surface area contributed by atoms with Crippen LogP contribution in [0, 0.1) is 11.8 Å². The van der Waals surface area contributed by atoms with Gasteiger partial charge < -0.3 is 15.4 Å². The maximum absolute atomic E-state index is 12.8. The summed E-state index contributed by atoms with van der Waals surface area (Å²) >= 11 is 0. The van der Waals surface area contributed by atoms with E-state index in [2.05, 4.69) is 23.8 Å². The predicted octanol–water partition coefficient (Wildman–Crippen LogP) is 1.26. The third kappa shape index (κ3) is 4.82. The van der Waals surface area contributed by atoms with Gasteiger partial charge in [0.2, 0.25) is 0 Å². The molecule has 1 rings (SSSR count). The molecule has 0 saturated carbocycles. The summed E-state index contributed by atoms with van der Waals surface area (Å²) in [5.74, 6) is 0.792. The van der Waals surface area contributed by atoms with Gasteiger partial charge in [-0.3, -0.25) is 9.48 Å². The van der Waals surface area contributed by atoms with E-state index in [1.165, 1.54) is 0 Å². The molecular formula is C15H28N4O2. The standard InChI is InChI=1S/C15H28N4O2/c1-11(2)8-12(9-16)15(20)14-13(21-5)10-17-19(14)7-6-18(3)4/h10-12H,6-9,16H2,1-5H3. The fourth-order valence-electron chi connectivity index (χ4n) is 2.30. The van der Waals surface area contributed by atoms with Gasteiger partial charge in [0.25, 0.3) is 0 Å². The summed E-state index contributed by atoms with van der Waals surface area (Å²) in [6.45, 7) is 5.99. The molecule has 0 radical (unpaired) electrons. The van der Waals surface area contributed by atoms with Gasteiger partial charge in [0.15, 0.2) is 11.5 Å². The summed E-state index contributed by atoms with van der Waals surface area (Å²) in [6, 6.07) is 0. The Bertz CT molecular complexity index is 455. The summed E-state index contributed by atoms with van der Waals surface area (Å²) in [4.78, 5) is 14.8. The Morgan fingerprint density at radius 1 is 1.48 bits per heavy atom. The predicted molar refractivity (Wildman–Crippen MR) is 83.7 cm³/mol. The number of aromatic nitrogens is 2. The van der Waals surface area contributed by atoms with Crippen LogP contribution in [0.4, 0.5) is 0 Å². The van der Waals surface area contributed by atoms with Gasteiger partial charge >= 0.3 is 0 Å². The number of nitrogens with two attached hydrogens (primary N) is 1. The third-order valence-electron chi connectivity index (χ3n) is 3.43. The van der Waals surface area contributed by atoms with Crippen LogP contribution in [0.25, 0.3) is 0 Å². The Labute approximate surface area is 127 Å². The maximum Gasteiger partial charge on any atom is 0.189 e. The van der Waals surface area contributed by atoms with Crippen molar-refractivity contribution in [2.24, 2.45) is 17.6 Å². The Balaban J connectivity index is 3.01. The van der Waals surface area contributed by atoms with Crippen molar-refractivity contribution in [3.05, 3.63) is 11.9 Å². The number of hydrogen-bond donors (Lipinski definition) is 1. The molecule has 1 atom stereocenters. The highest BCUT2D eigenvalue weighted by Gasteiger charge is 2.26. The number of hydrogen-bond acceptors (Lipinski definition) is 5. The van der Waals surface area contributed by atoms with E-state index in [4.69, 9.17) is 10.5 Å². The lowest BCUT2D eigenvalue weighted by molar-refractivity contribution is 0.0893. The Kier molecular flexibility index (Phi) is 6.84. The van der Waals surface area contributed by atoms with Crippen LogP contribution < -0.4 is 10.5 Å². The van der Waals surface area contributed by atoms with Crippen molar-refractivity contribution < 1.29 is 9.53 Å². The first-order valence-electron chi connectivity index (χ1n) is 7.39. The highest BCUT2D eigenvalue weighted by atomic mass is 16.5. The van der Waals surface area contributed by atoms with E-state index in [1.807, 2.05) is 14.1 Å². The molecule has 0 fully saturated rings. The molecule has 1 aromatic heterocycles. The minimum absolute atomic E-state index is 0.0271. The lowest BCUT2D eigenvalue weighted by Gasteiger charge is -2.18. The van der Waals surface area contributed by atoms with E-state index in [1.54, 1.807) is 18.0 Å². The number of carbonyl (C=O) groups excluding carboxylic acids is 1. The van der Waals surface area contributed by atoms with E-state index < -0.39 is 0 Å². The molecule has 0 aliphatic heterocycles. The minimum Gasteiger partial charge on any atom is -0.493 e. The summed E-state index contributed by atoms with van der Waals surface area (Å²) in [6.07, 6.45) is 2.38. The van der Waals surface area contributed by atoms with Crippen molar-refractivity contribution in [3.63, 3.8) is 0 Å². The van der Waals surface area contributed by atoms with Crippen LogP contribution in [0.5, 0.6) is 5.75 Å². The largest absolute Gasteiger partial charge is 0.493 e. The number of methoxy groups -OCH3 is 1. The van der Waals surface area contributed by atoms with Gasteiger partial charge in [-0.2, -0.15) is 5.10 Å². The number of nitrogens with zero attached hydrogens (tertiary/aromatic N) is 3. The van der Waals surface area contributed by atoms with Crippen LogP contribution in [0.3, 0.4) is 0 Å². The molecule has 6 heteroatoms. The zero-order valence-corrected chi connectivity index (χ0v) is 13.8. The van der Waals surface area contributed by atoms with Crippen molar-refractivity contribution >= 4 is 5.78 Å². The topological polar surface area (TPSA) is 73.4 Å². The van der Waals surface area contributed by atoms with E-state index in [0.717, 1.165) is 13.0 Å². The van der Waals surface area contributed by atoms with Gasteiger partial charge in [-0.05, 0) is 26.4 Å². The SMILES string of the molecule is COc1cnn(CCN(C)C)c1C(=O)C(CN)CC(C)C. The first-order chi connectivity index (χ1) is 9.90. The molecule has 21 heavy (non-hydrogen) atoms. The molecule has 0 aliphatic carbocycles. The second-order valence-electron chi connectivity index (χ2n) is 6.01. The van der Waals surface area contributed by atoms with Crippen molar-refractivity contribution in [1.82, 2.24) is 14.7 Å². The van der Waals surface area contributed by atoms with Gasteiger partial charge in [0.05, 0.1) is 19.9 Å². The van der Waals surface area contributed by atoms with Crippen LogP contribution in [-0.4, -0.2) is 54.8 Å². The number of ketones is 1. The molecule has 6 nitrogen and oxygen atoms in total.